The molecule has 0 atom stereocenters. The maximum atomic E-state index is 13.1. The van der Waals surface area contributed by atoms with E-state index in [1.165, 1.54) is 4.57 Å². The van der Waals surface area contributed by atoms with E-state index in [9.17, 15) is 9.59 Å². The number of halogens is 1. The van der Waals surface area contributed by atoms with Crippen LogP contribution in [0.4, 0.5) is 11.6 Å². The molecular formula is C22H19ClN6O2. The van der Waals surface area contributed by atoms with Gasteiger partial charge in [0.05, 0.1) is 29.3 Å². The molecule has 2 heterocycles. The maximum absolute atomic E-state index is 13.1. The SMILES string of the molecule is C#CCn1c(=O)nc(Nc2cc3cn(C)nc3cc2Cl)n(Cc2ccc(C)cc2)c1=O. The molecule has 0 fully saturated rings. The van der Waals surface area contributed by atoms with Crippen LogP contribution in [-0.2, 0) is 20.1 Å². The molecule has 0 aliphatic rings. The Balaban J connectivity index is 1.83. The van der Waals surface area contributed by atoms with Crippen molar-refractivity contribution < 1.29 is 0 Å². The van der Waals surface area contributed by atoms with E-state index in [-0.39, 0.29) is 19.0 Å². The van der Waals surface area contributed by atoms with Gasteiger partial charge in [0.15, 0.2) is 0 Å². The number of nitrogens with one attached hydrogen (secondary N) is 1. The van der Waals surface area contributed by atoms with E-state index < -0.39 is 11.4 Å². The number of rotatable bonds is 5. The van der Waals surface area contributed by atoms with Gasteiger partial charge in [0.25, 0.3) is 0 Å². The second-order valence-corrected chi connectivity index (χ2v) is 7.59. The van der Waals surface area contributed by atoms with Crippen LogP contribution in [0.1, 0.15) is 11.1 Å². The van der Waals surface area contributed by atoms with Crippen molar-refractivity contribution >= 4 is 34.1 Å². The van der Waals surface area contributed by atoms with Gasteiger partial charge in [0.1, 0.15) is 0 Å². The van der Waals surface area contributed by atoms with Gasteiger partial charge >= 0.3 is 11.4 Å². The third kappa shape index (κ3) is 4.09. The zero-order valence-corrected chi connectivity index (χ0v) is 17.7. The lowest BCUT2D eigenvalue weighted by Gasteiger charge is -2.16. The van der Waals surface area contributed by atoms with Crippen LogP contribution in [0.15, 0.2) is 52.2 Å². The Bertz CT molecular complexity index is 1440. The summed E-state index contributed by atoms with van der Waals surface area (Å²) >= 11 is 6.42. The summed E-state index contributed by atoms with van der Waals surface area (Å²) in [4.78, 5) is 29.6. The molecule has 0 saturated heterocycles. The smallest absolute Gasteiger partial charge is 0.324 e. The summed E-state index contributed by atoms with van der Waals surface area (Å²) in [5, 5.41) is 8.60. The summed E-state index contributed by atoms with van der Waals surface area (Å²) in [6.07, 6.45) is 7.17. The van der Waals surface area contributed by atoms with Crippen molar-refractivity contribution in [2.75, 3.05) is 5.32 Å². The number of benzene rings is 2. The van der Waals surface area contributed by atoms with Crippen molar-refractivity contribution in [2.24, 2.45) is 7.05 Å². The highest BCUT2D eigenvalue weighted by atomic mass is 35.5. The van der Waals surface area contributed by atoms with Crippen LogP contribution in [0.3, 0.4) is 0 Å². The number of anilines is 2. The van der Waals surface area contributed by atoms with Gasteiger partial charge in [-0.2, -0.15) is 10.1 Å². The minimum absolute atomic E-state index is 0.0778. The average Bonchev–Trinajstić information content (AvgIpc) is 3.08. The van der Waals surface area contributed by atoms with Crippen molar-refractivity contribution in [2.45, 2.75) is 20.0 Å². The fourth-order valence-corrected chi connectivity index (χ4v) is 3.46. The Hall–Kier alpha value is -3.83. The molecule has 9 heteroatoms. The summed E-state index contributed by atoms with van der Waals surface area (Å²) in [7, 11) is 1.81. The van der Waals surface area contributed by atoms with Crippen molar-refractivity contribution in [3.8, 4) is 12.3 Å². The molecule has 0 bridgehead atoms. The van der Waals surface area contributed by atoms with Gasteiger partial charge in [0, 0.05) is 18.6 Å². The first-order chi connectivity index (χ1) is 14.9. The first kappa shape index (κ1) is 20.4. The number of aryl methyl sites for hydroxylation is 2. The largest absolute Gasteiger partial charge is 0.355 e. The summed E-state index contributed by atoms with van der Waals surface area (Å²) in [6, 6.07) is 11.2. The minimum atomic E-state index is -0.732. The third-order valence-electron chi connectivity index (χ3n) is 4.81. The van der Waals surface area contributed by atoms with Gasteiger partial charge in [-0.1, -0.05) is 47.4 Å². The molecule has 0 radical (unpaired) electrons. The monoisotopic (exact) mass is 434 g/mol. The third-order valence-corrected chi connectivity index (χ3v) is 5.13. The fourth-order valence-electron chi connectivity index (χ4n) is 3.26. The molecule has 1 N–H and O–H groups in total. The Morgan fingerprint density at radius 3 is 2.61 bits per heavy atom. The molecule has 2 aromatic carbocycles. The lowest BCUT2D eigenvalue weighted by molar-refractivity contribution is 0.601. The van der Waals surface area contributed by atoms with Crippen LogP contribution in [0.5, 0.6) is 0 Å². The highest BCUT2D eigenvalue weighted by Gasteiger charge is 2.15. The van der Waals surface area contributed by atoms with E-state index >= 15 is 0 Å². The topological polar surface area (TPSA) is 86.7 Å². The predicted molar refractivity (Wildman–Crippen MR) is 121 cm³/mol. The van der Waals surface area contributed by atoms with Crippen LogP contribution >= 0.6 is 11.6 Å². The van der Waals surface area contributed by atoms with Gasteiger partial charge in [-0.3, -0.25) is 9.25 Å². The summed E-state index contributed by atoms with van der Waals surface area (Å²) < 4.78 is 3.97. The molecule has 4 rings (SSSR count). The molecule has 0 saturated carbocycles. The number of fused-ring (bicyclic) bond motifs is 1. The zero-order valence-electron chi connectivity index (χ0n) is 17.0. The van der Waals surface area contributed by atoms with Crippen molar-refractivity contribution in [1.29, 1.82) is 0 Å². The molecule has 0 amide bonds. The van der Waals surface area contributed by atoms with Crippen molar-refractivity contribution in [3.05, 3.63) is 79.7 Å². The van der Waals surface area contributed by atoms with Gasteiger partial charge in [-0.25, -0.2) is 14.2 Å². The molecule has 156 valence electrons. The van der Waals surface area contributed by atoms with Crippen LogP contribution in [0.2, 0.25) is 5.02 Å². The standard InChI is InChI=1S/C22H19ClN6O2/c1-4-9-28-21(30)25-20(29(22(28)31)12-15-7-5-14(2)6-8-15)24-19-10-16-13-27(3)26-18(16)11-17(19)23/h1,5-8,10-11,13H,9,12H2,2-3H3,(H,24,25,30). The molecule has 0 aliphatic carbocycles. The van der Waals surface area contributed by atoms with E-state index in [0.29, 0.717) is 10.7 Å². The molecule has 4 aromatic rings. The Morgan fingerprint density at radius 1 is 1.16 bits per heavy atom. The highest BCUT2D eigenvalue weighted by molar-refractivity contribution is 6.34. The molecule has 8 nitrogen and oxygen atoms in total. The summed E-state index contributed by atoms with van der Waals surface area (Å²) in [5.74, 6) is 2.40. The minimum Gasteiger partial charge on any atom is -0.324 e. The Labute approximate surface area is 182 Å². The van der Waals surface area contributed by atoms with Crippen molar-refractivity contribution in [1.82, 2.24) is 23.9 Å². The van der Waals surface area contributed by atoms with Crippen LogP contribution in [-0.4, -0.2) is 23.9 Å². The van der Waals surface area contributed by atoms with E-state index in [0.717, 1.165) is 26.6 Å². The normalized spacial score (nSPS) is 10.9. The quantitative estimate of drug-likeness (QED) is 0.488. The van der Waals surface area contributed by atoms with Gasteiger partial charge in [-0.05, 0) is 24.6 Å². The number of nitrogens with zero attached hydrogens (tertiary/aromatic N) is 5. The lowest BCUT2D eigenvalue weighted by Crippen LogP contribution is -2.42. The Kier molecular flexibility index (Phi) is 5.36. The summed E-state index contributed by atoms with van der Waals surface area (Å²) in [5.41, 5.74) is 1.91. The first-order valence-corrected chi connectivity index (χ1v) is 9.84. The number of hydrogen-bond acceptors (Lipinski definition) is 5. The molecular weight excluding hydrogens is 416 g/mol. The maximum Gasteiger partial charge on any atom is 0.355 e. The second-order valence-electron chi connectivity index (χ2n) is 7.18. The highest BCUT2D eigenvalue weighted by Crippen LogP contribution is 2.29. The van der Waals surface area contributed by atoms with Crippen LogP contribution < -0.4 is 16.7 Å². The number of terminal acetylenes is 1. The first-order valence-electron chi connectivity index (χ1n) is 9.46. The second kappa shape index (κ2) is 8.13. The number of hydrogen-bond donors (Lipinski definition) is 1. The van der Waals surface area contributed by atoms with Crippen molar-refractivity contribution in [3.63, 3.8) is 0 Å². The molecule has 0 unspecified atom stereocenters. The van der Waals surface area contributed by atoms with Gasteiger partial charge in [-0.15, -0.1) is 6.42 Å². The lowest BCUT2D eigenvalue weighted by atomic mass is 10.1. The zero-order chi connectivity index (χ0) is 22.1. The molecule has 2 aromatic heterocycles. The van der Waals surface area contributed by atoms with E-state index in [1.54, 1.807) is 16.8 Å². The van der Waals surface area contributed by atoms with Crippen LogP contribution in [0, 0.1) is 19.3 Å². The average molecular weight is 435 g/mol. The van der Waals surface area contributed by atoms with Crippen LogP contribution in [0.25, 0.3) is 10.9 Å². The van der Waals surface area contributed by atoms with Gasteiger partial charge in [0.2, 0.25) is 5.95 Å². The van der Waals surface area contributed by atoms with E-state index in [4.69, 9.17) is 18.0 Å². The predicted octanol–water partition coefficient (Wildman–Crippen LogP) is 2.68. The van der Waals surface area contributed by atoms with E-state index in [1.807, 2.05) is 44.4 Å². The molecule has 0 aliphatic heterocycles. The number of aromatic nitrogens is 5. The van der Waals surface area contributed by atoms with E-state index in [2.05, 4.69) is 21.3 Å². The Morgan fingerprint density at radius 2 is 1.90 bits per heavy atom. The molecule has 0 spiro atoms. The summed E-state index contributed by atoms with van der Waals surface area (Å²) in [6.45, 7) is 2.02. The fraction of sp³-hybridized carbons (Fsp3) is 0.182. The van der Waals surface area contributed by atoms with Gasteiger partial charge < -0.3 is 5.32 Å². The molecule has 31 heavy (non-hydrogen) atoms.